The van der Waals surface area contributed by atoms with Gasteiger partial charge in [0.25, 0.3) is 0 Å². The fourth-order valence-corrected chi connectivity index (χ4v) is 13.4. The summed E-state index contributed by atoms with van der Waals surface area (Å²) < 4.78 is 2.33. The van der Waals surface area contributed by atoms with E-state index in [-0.39, 0.29) is 0 Å². The Morgan fingerprint density at radius 2 is 0.885 bits per heavy atom. The lowest BCUT2D eigenvalue weighted by molar-refractivity contribution is 0.909. The van der Waals surface area contributed by atoms with Gasteiger partial charge in [0.15, 0.2) is 0 Å². The van der Waals surface area contributed by atoms with Gasteiger partial charge in [0.2, 0.25) is 0 Å². The fraction of sp³-hybridized carbons (Fsp3) is 0.0517. The lowest BCUT2D eigenvalue weighted by atomic mass is 9.85. The summed E-state index contributed by atoms with van der Waals surface area (Å²) in [4.78, 5) is 10.3. The maximum Gasteiger partial charge on any atom is 0.114 e. The predicted octanol–water partition coefficient (Wildman–Crippen LogP) is 16.0. The molecule has 3 heteroatoms. The minimum absolute atomic E-state index is 0.863. The molecule has 0 aliphatic heterocycles. The largest absolute Gasteiger partial charge is 0.296 e. The van der Waals surface area contributed by atoms with Crippen LogP contribution in [0.5, 0.6) is 0 Å². The van der Waals surface area contributed by atoms with Crippen molar-refractivity contribution in [3.63, 3.8) is 0 Å². The van der Waals surface area contributed by atoms with Crippen LogP contribution < -0.4 is 0 Å². The first-order valence-electron chi connectivity index (χ1n) is 21.2. The molecule has 2 nitrogen and oxygen atoms in total. The molecular formula is C58H44N2S. The van der Waals surface area contributed by atoms with Gasteiger partial charge in [-0.05, 0) is 146 Å². The Bertz CT molecular complexity index is 3230. The predicted molar refractivity (Wildman–Crippen MR) is 259 cm³/mol. The molecule has 1 aromatic heterocycles. The molecule has 0 radical (unpaired) electrons. The van der Waals surface area contributed by atoms with Crippen molar-refractivity contribution in [2.24, 2.45) is 0 Å². The molecule has 0 aliphatic carbocycles. The van der Waals surface area contributed by atoms with Gasteiger partial charge in [-0.2, -0.15) is 0 Å². The van der Waals surface area contributed by atoms with Gasteiger partial charge in [0.1, 0.15) is 5.82 Å². The van der Waals surface area contributed by atoms with E-state index in [9.17, 15) is 0 Å². The Morgan fingerprint density at radius 3 is 1.43 bits per heavy atom. The summed E-state index contributed by atoms with van der Waals surface area (Å²) in [5, 5.41) is 7.43. The number of nitrogens with zero attached hydrogens (tertiary/aromatic N) is 2. The summed E-state index contributed by atoms with van der Waals surface area (Å²) in [6, 6.07) is 81.0. The number of benzene rings is 10. The first kappa shape index (κ1) is 36.8. The van der Waals surface area contributed by atoms with Gasteiger partial charge in [-0.3, -0.25) is 4.57 Å². The monoisotopic (exact) mass is 800 g/mol. The molecule has 0 N–H and O–H groups in total. The van der Waals surface area contributed by atoms with Gasteiger partial charge >= 0.3 is 0 Å². The number of aromatic nitrogens is 2. The van der Waals surface area contributed by atoms with Gasteiger partial charge in [0, 0.05) is 31.7 Å². The first-order valence-corrected chi connectivity index (χ1v) is 22.8. The van der Waals surface area contributed by atoms with Crippen molar-refractivity contribution in [3.05, 3.63) is 230 Å². The number of hydrogen-bond acceptors (Lipinski definition) is 1. The summed E-state index contributed by atoms with van der Waals surface area (Å²) in [6.45, 7) is 4.33. The van der Waals surface area contributed by atoms with E-state index in [0.29, 0.717) is 0 Å². The van der Waals surface area contributed by atoms with E-state index < -0.39 is 10.0 Å². The van der Waals surface area contributed by atoms with Crippen LogP contribution in [0.2, 0.25) is 0 Å². The standard InChI is InChI=1S/C58H44N2S/c1-3-56-59-54-36-27-40(2)37-55(54)60(56)45-33-30-42-38-44(29-28-43(42)39-45)58-52-25-15-13-23-50(52)57(51-24-14-16-26-53(51)58)41-31-34-49(35-32-41)61(46-17-7-4-8-18-46,47-19-9-5-10-20-47)48-21-11-6-12-22-48/h4-39H,3H2,1-2H3. The third-order valence-corrected chi connectivity index (χ3v) is 16.2. The summed E-state index contributed by atoms with van der Waals surface area (Å²) in [7, 11) is -1.79. The van der Waals surface area contributed by atoms with E-state index >= 15 is 0 Å². The molecule has 0 saturated heterocycles. The summed E-state index contributed by atoms with van der Waals surface area (Å²) in [5.74, 6) is 1.08. The van der Waals surface area contributed by atoms with Crippen molar-refractivity contribution >= 4 is 53.4 Å². The zero-order valence-corrected chi connectivity index (χ0v) is 35.1. The number of fused-ring (bicyclic) bond motifs is 4. The van der Waals surface area contributed by atoms with E-state index in [4.69, 9.17) is 4.98 Å². The second kappa shape index (κ2) is 15.1. The zero-order chi connectivity index (χ0) is 40.9. The van der Waals surface area contributed by atoms with E-state index in [1.54, 1.807) is 0 Å². The van der Waals surface area contributed by atoms with Crippen LogP contribution in [0.15, 0.2) is 238 Å². The Labute approximate surface area is 358 Å². The summed E-state index contributed by atoms with van der Waals surface area (Å²) >= 11 is 0. The van der Waals surface area contributed by atoms with Gasteiger partial charge in [0.05, 0.1) is 11.0 Å². The highest BCUT2D eigenvalue weighted by Crippen LogP contribution is 2.73. The molecule has 0 amide bonds. The lowest BCUT2D eigenvalue weighted by Gasteiger charge is -2.42. The van der Waals surface area contributed by atoms with Crippen LogP contribution >= 0.6 is 10.0 Å². The van der Waals surface area contributed by atoms with Crippen LogP contribution in [0.4, 0.5) is 0 Å². The van der Waals surface area contributed by atoms with Gasteiger partial charge < -0.3 is 0 Å². The number of hydrogen-bond donors (Lipinski definition) is 0. The highest BCUT2D eigenvalue weighted by molar-refractivity contribution is 8.34. The topological polar surface area (TPSA) is 17.8 Å². The van der Waals surface area contributed by atoms with Crippen LogP contribution in [0.1, 0.15) is 18.3 Å². The van der Waals surface area contributed by atoms with Crippen LogP contribution in [-0.4, -0.2) is 9.55 Å². The molecule has 10 aromatic carbocycles. The quantitative estimate of drug-likeness (QED) is 0.140. The van der Waals surface area contributed by atoms with Crippen molar-refractivity contribution in [2.75, 3.05) is 0 Å². The van der Waals surface area contributed by atoms with E-state index in [1.165, 1.54) is 79.7 Å². The van der Waals surface area contributed by atoms with Gasteiger partial charge in [-0.1, -0.05) is 146 Å². The molecule has 0 fully saturated rings. The Hall–Kier alpha value is -7.20. The smallest absolute Gasteiger partial charge is 0.114 e. The molecule has 0 bridgehead atoms. The van der Waals surface area contributed by atoms with Crippen molar-refractivity contribution in [2.45, 2.75) is 39.9 Å². The van der Waals surface area contributed by atoms with Gasteiger partial charge in [-0.25, -0.2) is 4.98 Å². The van der Waals surface area contributed by atoms with E-state index in [2.05, 4.69) is 237 Å². The maximum absolute atomic E-state index is 4.99. The van der Waals surface area contributed by atoms with E-state index in [0.717, 1.165) is 29.0 Å². The van der Waals surface area contributed by atoms with Gasteiger partial charge in [-0.15, -0.1) is 10.0 Å². The molecule has 61 heavy (non-hydrogen) atoms. The maximum atomic E-state index is 4.99. The second-order valence-electron chi connectivity index (χ2n) is 15.9. The van der Waals surface area contributed by atoms with Crippen LogP contribution in [0, 0.1) is 6.92 Å². The molecule has 0 atom stereocenters. The van der Waals surface area contributed by atoms with Crippen molar-refractivity contribution in [3.8, 4) is 27.9 Å². The number of imidazole rings is 1. The summed E-state index contributed by atoms with van der Waals surface area (Å²) in [5.41, 5.74) is 9.54. The Balaban J connectivity index is 1.06. The molecule has 0 unspecified atom stereocenters. The van der Waals surface area contributed by atoms with Crippen molar-refractivity contribution < 1.29 is 0 Å². The molecule has 11 rings (SSSR count). The zero-order valence-electron chi connectivity index (χ0n) is 34.3. The summed E-state index contributed by atoms with van der Waals surface area (Å²) in [6.07, 6.45) is 0.863. The van der Waals surface area contributed by atoms with Crippen LogP contribution in [-0.2, 0) is 6.42 Å². The highest BCUT2D eigenvalue weighted by atomic mass is 32.3. The third kappa shape index (κ3) is 6.07. The van der Waals surface area contributed by atoms with Crippen LogP contribution in [0.3, 0.4) is 0 Å². The van der Waals surface area contributed by atoms with Crippen molar-refractivity contribution in [1.82, 2.24) is 9.55 Å². The average Bonchev–Trinajstić information content (AvgIpc) is 3.70. The lowest BCUT2D eigenvalue weighted by Crippen LogP contribution is -2.05. The Morgan fingerprint density at radius 1 is 0.426 bits per heavy atom. The Kier molecular flexibility index (Phi) is 9.13. The average molecular weight is 801 g/mol. The molecule has 0 saturated carbocycles. The molecular weight excluding hydrogens is 757 g/mol. The molecule has 0 spiro atoms. The minimum atomic E-state index is -1.79. The van der Waals surface area contributed by atoms with Crippen LogP contribution in [0.25, 0.3) is 71.3 Å². The number of rotatable bonds is 8. The fourth-order valence-electron chi connectivity index (χ4n) is 9.55. The molecule has 292 valence electrons. The third-order valence-electron chi connectivity index (χ3n) is 12.3. The number of aryl methyl sites for hydroxylation is 2. The normalized spacial score (nSPS) is 12.1. The van der Waals surface area contributed by atoms with Crippen molar-refractivity contribution in [1.29, 1.82) is 0 Å². The molecule has 11 aromatic rings. The first-order chi connectivity index (χ1) is 30.1. The van der Waals surface area contributed by atoms with E-state index in [1.807, 2.05) is 0 Å². The molecule has 0 aliphatic rings. The molecule has 1 heterocycles. The second-order valence-corrected chi connectivity index (χ2v) is 19.0. The minimum Gasteiger partial charge on any atom is -0.296 e. The highest BCUT2D eigenvalue weighted by Gasteiger charge is 2.33. The SMILES string of the molecule is CCc1nc2ccc(C)cc2n1-c1ccc2cc(-c3c4ccccc4c(-c4ccc(S(c5ccccc5)(c5ccccc5)c5ccccc5)cc4)c4ccccc34)ccc2c1.